The van der Waals surface area contributed by atoms with E-state index in [4.69, 9.17) is 9.84 Å². The van der Waals surface area contributed by atoms with Crippen LogP contribution in [-0.2, 0) is 4.74 Å². The zero-order valence-electron chi connectivity index (χ0n) is 8.20. The number of benzene rings is 1. The van der Waals surface area contributed by atoms with Gasteiger partial charge in [0.1, 0.15) is 0 Å². The largest absolute Gasteiger partial charge is 0.478 e. The number of aromatic carboxylic acids is 1. The molecule has 15 heavy (non-hydrogen) atoms. The Balaban J connectivity index is 2.81. The van der Waals surface area contributed by atoms with Gasteiger partial charge in [-0.1, -0.05) is 15.9 Å². The molecule has 0 aliphatic heterocycles. The lowest BCUT2D eigenvalue weighted by Gasteiger charge is -2.05. The number of hydrogen-bond acceptors (Lipinski definition) is 3. The van der Waals surface area contributed by atoms with Crippen LogP contribution in [0.15, 0.2) is 27.6 Å². The Hall–Kier alpha value is -0.520. The molecule has 0 aliphatic carbocycles. The number of thioether (sulfide) groups is 1. The molecule has 3 nitrogen and oxygen atoms in total. The number of carbonyl (C=O) groups is 1. The van der Waals surface area contributed by atoms with E-state index in [0.717, 1.165) is 15.1 Å². The maximum absolute atomic E-state index is 10.9. The molecule has 0 saturated heterocycles. The summed E-state index contributed by atoms with van der Waals surface area (Å²) in [4.78, 5) is 11.7. The number of ether oxygens (including phenoxy) is 1. The summed E-state index contributed by atoms with van der Waals surface area (Å²) >= 11 is 4.73. The second-order valence-corrected chi connectivity index (χ2v) is 4.84. The molecule has 0 radical (unpaired) electrons. The van der Waals surface area contributed by atoms with Gasteiger partial charge in [0, 0.05) is 22.2 Å². The van der Waals surface area contributed by atoms with Gasteiger partial charge in [0.15, 0.2) is 0 Å². The maximum atomic E-state index is 10.9. The van der Waals surface area contributed by atoms with E-state index in [1.54, 1.807) is 19.2 Å². The van der Waals surface area contributed by atoms with Crippen LogP contribution in [-0.4, -0.2) is 30.5 Å². The van der Waals surface area contributed by atoms with Crippen LogP contribution in [0.3, 0.4) is 0 Å². The zero-order chi connectivity index (χ0) is 11.3. The Morgan fingerprint density at radius 3 is 2.93 bits per heavy atom. The highest BCUT2D eigenvalue weighted by Crippen LogP contribution is 2.25. The first kappa shape index (κ1) is 12.5. The summed E-state index contributed by atoms with van der Waals surface area (Å²) < 4.78 is 5.68. The monoisotopic (exact) mass is 290 g/mol. The van der Waals surface area contributed by atoms with Crippen molar-refractivity contribution in [3.63, 3.8) is 0 Å². The fourth-order valence-corrected chi connectivity index (χ4v) is 2.33. The van der Waals surface area contributed by atoms with Crippen molar-refractivity contribution in [2.75, 3.05) is 19.5 Å². The summed E-state index contributed by atoms with van der Waals surface area (Å²) in [7, 11) is 1.63. The molecule has 0 fully saturated rings. The number of rotatable bonds is 5. The Labute approximate surface area is 101 Å². The summed E-state index contributed by atoms with van der Waals surface area (Å²) in [6, 6.07) is 5.24. The van der Waals surface area contributed by atoms with Crippen molar-refractivity contribution in [1.82, 2.24) is 0 Å². The van der Waals surface area contributed by atoms with Gasteiger partial charge < -0.3 is 9.84 Å². The molecule has 0 saturated carbocycles. The molecule has 0 aliphatic rings. The third-order valence-electron chi connectivity index (χ3n) is 1.72. The fourth-order valence-electron chi connectivity index (χ4n) is 1.03. The lowest BCUT2D eigenvalue weighted by molar-refractivity contribution is 0.0693. The zero-order valence-corrected chi connectivity index (χ0v) is 10.6. The highest BCUT2D eigenvalue weighted by Gasteiger charge is 2.10. The summed E-state index contributed by atoms with van der Waals surface area (Å²) in [5.74, 6) is -0.158. The van der Waals surface area contributed by atoms with Gasteiger partial charge in [0.2, 0.25) is 0 Å². The average molecular weight is 291 g/mol. The van der Waals surface area contributed by atoms with Gasteiger partial charge in [0.25, 0.3) is 0 Å². The molecular formula is C10H11BrO3S. The predicted molar refractivity (Wildman–Crippen MR) is 63.7 cm³/mol. The van der Waals surface area contributed by atoms with E-state index in [-0.39, 0.29) is 0 Å². The highest BCUT2D eigenvalue weighted by molar-refractivity contribution is 9.10. The van der Waals surface area contributed by atoms with Crippen LogP contribution in [0.4, 0.5) is 0 Å². The summed E-state index contributed by atoms with van der Waals surface area (Å²) in [5, 5.41) is 8.98. The van der Waals surface area contributed by atoms with Gasteiger partial charge >= 0.3 is 5.97 Å². The quantitative estimate of drug-likeness (QED) is 0.669. The van der Waals surface area contributed by atoms with Crippen molar-refractivity contribution in [2.24, 2.45) is 0 Å². The standard InChI is InChI=1S/C10H11BrO3S/c1-14-4-5-15-9-3-2-7(11)6-8(9)10(12)13/h2-3,6H,4-5H2,1H3,(H,12,13). The van der Waals surface area contributed by atoms with Crippen LogP contribution >= 0.6 is 27.7 Å². The molecule has 1 aromatic carbocycles. The summed E-state index contributed by atoms with van der Waals surface area (Å²) in [6.45, 7) is 0.611. The number of methoxy groups -OCH3 is 1. The van der Waals surface area contributed by atoms with Gasteiger partial charge in [-0.3, -0.25) is 0 Å². The molecule has 1 N–H and O–H groups in total. The van der Waals surface area contributed by atoms with Gasteiger partial charge in [-0.2, -0.15) is 0 Å². The topological polar surface area (TPSA) is 46.5 Å². The van der Waals surface area contributed by atoms with Crippen molar-refractivity contribution in [2.45, 2.75) is 4.90 Å². The minimum absolute atomic E-state index is 0.325. The lowest BCUT2D eigenvalue weighted by Crippen LogP contribution is -2.00. The van der Waals surface area contributed by atoms with Crippen LogP contribution < -0.4 is 0 Å². The third-order valence-corrected chi connectivity index (χ3v) is 3.25. The highest BCUT2D eigenvalue weighted by atomic mass is 79.9. The van der Waals surface area contributed by atoms with Crippen LogP contribution in [0, 0.1) is 0 Å². The van der Waals surface area contributed by atoms with Crippen molar-refractivity contribution < 1.29 is 14.6 Å². The number of hydrogen-bond donors (Lipinski definition) is 1. The van der Waals surface area contributed by atoms with Crippen molar-refractivity contribution >= 4 is 33.7 Å². The molecule has 82 valence electrons. The Morgan fingerprint density at radius 2 is 2.33 bits per heavy atom. The predicted octanol–water partition coefficient (Wildman–Crippen LogP) is 2.89. The van der Waals surface area contributed by atoms with Crippen LogP contribution in [0.1, 0.15) is 10.4 Å². The van der Waals surface area contributed by atoms with E-state index in [1.807, 2.05) is 6.07 Å². The molecule has 1 aromatic rings. The molecule has 0 atom stereocenters. The van der Waals surface area contributed by atoms with E-state index in [9.17, 15) is 4.79 Å². The smallest absolute Gasteiger partial charge is 0.336 e. The van der Waals surface area contributed by atoms with Crippen molar-refractivity contribution in [3.05, 3.63) is 28.2 Å². The molecule has 0 unspecified atom stereocenters. The van der Waals surface area contributed by atoms with E-state index >= 15 is 0 Å². The van der Waals surface area contributed by atoms with Crippen LogP contribution in [0.25, 0.3) is 0 Å². The first-order valence-corrected chi connectivity index (χ1v) is 6.07. The Bertz CT molecular complexity index is 355. The molecule has 0 aromatic heterocycles. The fraction of sp³-hybridized carbons (Fsp3) is 0.300. The SMILES string of the molecule is COCCSc1ccc(Br)cc1C(=O)O. The second-order valence-electron chi connectivity index (χ2n) is 2.79. The Kier molecular flexibility index (Phi) is 5.14. The normalized spacial score (nSPS) is 10.3. The molecular weight excluding hydrogens is 280 g/mol. The minimum Gasteiger partial charge on any atom is -0.478 e. The summed E-state index contributed by atoms with van der Waals surface area (Å²) in [6.07, 6.45) is 0. The first-order valence-electron chi connectivity index (χ1n) is 4.29. The number of carboxylic acid groups (broad SMARTS) is 1. The third kappa shape index (κ3) is 3.85. The van der Waals surface area contributed by atoms with E-state index in [2.05, 4.69) is 15.9 Å². The van der Waals surface area contributed by atoms with Gasteiger partial charge in [-0.15, -0.1) is 11.8 Å². The molecule has 1 rings (SSSR count). The van der Waals surface area contributed by atoms with E-state index in [1.165, 1.54) is 11.8 Å². The molecule has 0 bridgehead atoms. The van der Waals surface area contributed by atoms with Crippen molar-refractivity contribution in [3.8, 4) is 0 Å². The van der Waals surface area contributed by atoms with Gasteiger partial charge in [-0.25, -0.2) is 4.79 Å². The molecule has 5 heteroatoms. The molecule has 0 spiro atoms. The van der Waals surface area contributed by atoms with Crippen LogP contribution in [0.5, 0.6) is 0 Å². The second kappa shape index (κ2) is 6.15. The van der Waals surface area contributed by atoms with E-state index < -0.39 is 5.97 Å². The van der Waals surface area contributed by atoms with Gasteiger partial charge in [0.05, 0.1) is 12.2 Å². The van der Waals surface area contributed by atoms with E-state index in [0.29, 0.717) is 12.2 Å². The lowest BCUT2D eigenvalue weighted by atomic mass is 10.2. The first-order chi connectivity index (χ1) is 7.15. The minimum atomic E-state index is -0.906. The maximum Gasteiger partial charge on any atom is 0.336 e. The molecule has 0 amide bonds. The average Bonchev–Trinajstić information content (AvgIpc) is 2.20. The molecule has 0 heterocycles. The van der Waals surface area contributed by atoms with Gasteiger partial charge in [-0.05, 0) is 18.2 Å². The van der Waals surface area contributed by atoms with Crippen molar-refractivity contribution in [1.29, 1.82) is 0 Å². The summed E-state index contributed by atoms with van der Waals surface area (Å²) in [5.41, 5.74) is 0.325. The van der Waals surface area contributed by atoms with Crippen LogP contribution in [0.2, 0.25) is 0 Å². The number of halogens is 1. The number of carboxylic acids is 1. The Morgan fingerprint density at radius 1 is 1.60 bits per heavy atom.